The molecule has 0 aliphatic carbocycles. The van der Waals surface area contributed by atoms with E-state index in [1.807, 2.05) is 39.8 Å². The maximum Gasteiger partial charge on any atom is 0.410 e. The van der Waals surface area contributed by atoms with E-state index in [1.165, 1.54) is 0 Å². The Kier molecular flexibility index (Phi) is 9.86. The smallest absolute Gasteiger partial charge is 0.410 e. The molecule has 1 saturated heterocycles. The molecule has 1 fully saturated rings. The second-order valence-corrected chi connectivity index (χ2v) is 8.40. The first kappa shape index (κ1) is 23.9. The number of amides is 1. The summed E-state index contributed by atoms with van der Waals surface area (Å²) in [4.78, 5) is 23.1. The predicted octanol–water partition coefficient (Wildman–Crippen LogP) is 2.94. The Morgan fingerprint density at radius 2 is 2.23 bits per heavy atom. The van der Waals surface area contributed by atoms with Gasteiger partial charge in [-0.05, 0) is 58.6 Å². The Hall–Kier alpha value is -2.35. The quantitative estimate of drug-likeness (QED) is 0.363. The van der Waals surface area contributed by atoms with Gasteiger partial charge in [0.05, 0.1) is 19.2 Å². The molecule has 0 bridgehead atoms. The van der Waals surface area contributed by atoms with Crippen LogP contribution in [0, 0.1) is 0 Å². The topological polar surface area (TPSA) is 88.1 Å². The van der Waals surface area contributed by atoms with Gasteiger partial charge in [-0.3, -0.25) is 9.98 Å². The van der Waals surface area contributed by atoms with Crippen LogP contribution in [0.1, 0.15) is 52.5 Å². The molecule has 1 aromatic rings. The van der Waals surface area contributed by atoms with Crippen molar-refractivity contribution in [1.29, 1.82) is 0 Å². The molecule has 2 N–H and O–H groups in total. The molecule has 1 aliphatic rings. The molecular formula is C22H37N5O3. The standard InChI is InChI=1S/C22H37N5O3/c1-5-24-20(26-16-19-10-7-14-29-19)25-12-8-13-27(21(28)30-22(2,3)4)17-18-9-6-11-23-15-18/h6,9,11,15,19H,5,7-8,10,12-14,16-17H2,1-4H3,(H2,24,25,26). The average Bonchev–Trinajstić information content (AvgIpc) is 3.21. The van der Waals surface area contributed by atoms with Crippen LogP contribution in [0.4, 0.5) is 4.79 Å². The lowest BCUT2D eigenvalue weighted by atomic mass is 10.2. The van der Waals surface area contributed by atoms with E-state index in [2.05, 4.69) is 20.6 Å². The van der Waals surface area contributed by atoms with Gasteiger partial charge >= 0.3 is 6.09 Å². The maximum atomic E-state index is 12.7. The van der Waals surface area contributed by atoms with Crippen LogP contribution in [0.15, 0.2) is 29.5 Å². The summed E-state index contributed by atoms with van der Waals surface area (Å²) < 4.78 is 11.2. The third-order valence-corrected chi connectivity index (χ3v) is 4.47. The molecule has 1 aliphatic heterocycles. The average molecular weight is 420 g/mol. The summed E-state index contributed by atoms with van der Waals surface area (Å²) >= 11 is 0. The van der Waals surface area contributed by atoms with Crippen molar-refractivity contribution >= 4 is 12.1 Å². The van der Waals surface area contributed by atoms with Crippen LogP contribution in [0.2, 0.25) is 0 Å². The molecule has 1 atom stereocenters. The number of pyridine rings is 1. The second-order valence-electron chi connectivity index (χ2n) is 8.40. The number of aliphatic imine (C=N–C) groups is 1. The van der Waals surface area contributed by atoms with Gasteiger partial charge in [0.1, 0.15) is 5.60 Å². The van der Waals surface area contributed by atoms with Gasteiger partial charge in [-0.2, -0.15) is 0 Å². The summed E-state index contributed by atoms with van der Waals surface area (Å²) in [5.74, 6) is 0.782. The van der Waals surface area contributed by atoms with E-state index >= 15 is 0 Å². The van der Waals surface area contributed by atoms with Crippen molar-refractivity contribution in [2.24, 2.45) is 4.99 Å². The Morgan fingerprint density at radius 1 is 1.40 bits per heavy atom. The molecule has 1 aromatic heterocycles. The van der Waals surface area contributed by atoms with E-state index in [0.29, 0.717) is 26.2 Å². The number of ether oxygens (including phenoxy) is 2. The predicted molar refractivity (Wildman–Crippen MR) is 118 cm³/mol. The van der Waals surface area contributed by atoms with Gasteiger partial charge < -0.3 is 25.0 Å². The fraction of sp³-hybridized carbons (Fsp3) is 0.682. The molecule has 0 aromatic carbocycles. The van der Waals surface area contributed by atoms with Crippen LogP contribution < -0.4 is 10.6 Å². The molecule has 2 heterocycles. The summed E-state index contributed by atoms with van der Waals surface area (Å²) in [6.45, 7) is 11.7. The van der Waals surface area contributed by atoms with E-state index in [-0.39, 0.29) is 12.2 Å². The number of nitrogens with zero attached hydrogens (tertiary/aromatic N) is 3. The largest absolute Gasteiger partial charge is 0.444 e. The summed E-state index contributed by atoms with van der Waals surface area (Å²) in [5, 5.41) is 6.60. The Labute approximate surface area is 180 Å². The first-order valence-electron chi connectivity index (χ1n) is 10.9. The zero-order valence-electron chi connectivity index (χ0n) is 18.8. The Morgan fingerprint density at radius 3 is 2.87 bits per heavy atom. The van der Waals surface area contributed by atoms with E-state index < -0.39 is 5.60 Å². The number of hydrogen-bond acceptors (Lipinski definition) is 5. The second kappa shape index (κ2) is 12.4. The molecule has 1 amide bonds. The molecule has 1 unspecified atom stereocenters. The van der Waals surface area contributed by atoms with E-state index in [9.17, 15) is 4.79 Å². The van der Waals surface area contributed by atoms with Crippen molar-refractivity contribution in [3.05, 3.63) is 30.1 Å². The van der Waals surface area contributed by atoms with Crippen LogP contribution in [-0.2, 0) is 16.0 Å². The van der Waals surface area contributed by atoms with Crippen LogP contribution in [0.5, 0.6) is 0 Å². The van der Waals surface area contributed by atoms with E-state index in [1.54, 1.807) is 17.3 Å². The summed E-state index contributed by atoms with van der Waals surface area (Å²) in [6.07, 6.45) is 6.36. The van der Waals surface area contributed by atoms with Gasteiger partial charge in [-0.25, -0.2) is 4.79 Å². The SMILES string of the molecule is CCNC(=NCC1CCCO1)NCCCN(Cc1cccnc1)C(=O)OC(C)(C)C. The third-order valence-electron chi connectivity index (χ3n) is 4.47. The number of hydrogen-bond donors (Lipinski definition) is 2. The fourth-order valence-corrected chi connectivity index (χ4v) is 3.07. The highest BCUT2D eigenvalue weighted by molar-refractivity contribution is 5.79. The van der Waals surface area contributed by atoms with Crippen LogP contribution in [0.3, 0.4) is 0 Å². The first-order valence-corrected chi connectivity index (χ1v) is 10.9. The van der Waals surface area contributed by atoms with Crippen molar-refractivity contribution < 1.29 is 14.3 Å². The maximum absolute atomic E-state index is 12.7. The molecule has 0 saturated carbocycles. The Bertz CT molecular complexity index is 654. The van der Waals surface area contributed by atoms with E-state index in [0.717, 1.165) is 43.9 Å². The number of nitrogens with one attached hydrogen (secondary N) is 2. The normalized spacial score (nSPS) is 16.9. The van der Waals surface area contributed by atoms with Gasteiger partial charge in [0, 0.05) is 38.6 Å². The molecule has 8 heteroatoms. The molecule has 0 radical (unpaired) electrons. The Balaban J connectivity index is 1.86. The molecular weight excluding hydrogens is 382 g/mol. The number of guanidine groups is 1. The lowest BCUT2D eigenvalue weighted by molar-refractivity contribution is 0.0232. The number of rotatable bonds is 9. The van der Waals surface area contributed by atoms with Crippen molar-refractivity contribution in [3.63, 3.8) is 0 Å². The van der Waals surface area contributed by atoms with Gasteiger partial charge in [0.2, 0.25) is 0 Å². The van der Waals surface area contributed by atoms with Gasteiger partial charge in [-0.1, -0.05) is 6.07 Å². The van der Waals surface area contributed by atoms with Crippen molar-refractivity contribution in [2.75, 3.05) is 32.8 Å². The zero-order chi connectivity index (χ0) is 21.8. The highest BCUT2D eigenvalue weighted by Crippen LogP contribution is 2.13. The minimum absolute atomic E-state index is 0.225. The van der Waals surface area contributed by atoms with Crippen molar-refractivity contribution in [2.45, 2.75) is 65.2 Å². The minimum atomic E-state index is -0.532. The van der Waals surface area contributed by atoms with Crippen LogP contribution >= 0.6 is 0 Å². The summed E-state index contributed by atoms with van der Waals surface area (Å²) in [6, 6.07) is 3.83. The van der Waals surface area contributed by atoms with Crippen LogP contribution in [0.25, 0.3) is 0 Å². The highest BCUT2D eigenvalue weighted by atomic mass is 16.6. The van der Waals surface area contributed by atoms with Gasteiger partial charge in [0.25, 0.3) is 0 Å². The van der Waals surface area contributed by atoms with Crippen molar-refractivity contribution in [1.82, 2.24) is 20.5 Å². The fourth-order valence-electron chi connectivity index (χ4n) is 3.07. The lowest BCUT2D eigenvalue weighted by Crippen LogP contribution is -2.41. The molecule has 8 nitrogen and oxygen atoms in total. The van der Waals surface area contributed by atoms with Gasteiger partial charge in [-0.15, -0.1) is 0 Å². The van der Waals surface area contributed by atoms with Crippen molar-refractivity contribution in [3.8, 4) is 0 Å². The van der Waals surface area contributed by atoms with E-state index in [4.69, 9.17) is 9.47 Å². The summed E-state index contributed by atoms with van der Waals surface area (Å²) in [5.41, 5.74) is 0.443. The first-order chi connectivity index (χ1) is 14.4. The number of aromatic nitrogens is 1. The lowest BCUT2D eigenvalue weighted by Gasteiger charge is -2.27. The molecule has 30 heavy (non-hydrogen) atoms. The third kappa shape index (κ3) is 9.43. The molecule has 2 rings (SSSR count). The molecule has 168 valence electrons. The molecule has 0 spiro atoms. The zero-order valence-corrected chi connectivity index (χ0v) is 18.8. The van der Waals surface area contributed by atoms with Crippen LogP contribution in [-0.4, -0.2) is 66.4 Å². The number of carbonyl (C=O) groups is 1. The van der Waals surface area contributed by atoms with Gasteiger partial charge in [0.15, 0.2) is 5.96 Å². The number of carbonyl (C=O) groups excluding carboxylic acids is 1. The monoisotopic (exact) mass is 419 g/mol. The minimum Gasteiger partial charge on any atom is -0.444 e. The summed E-state index contributed by atoms with van der Waals surface area (Å²) in [7, 11) is 0. The highest BCUT2D eigenvalue weighted by Gasteiger charge is 2.22.